The number of halogens is 4. The first-order chi connectivity index (χ1) is 6.59. The van der Waals surface area contributed by atoms with Crippen LogP contribution in [0.4, 0.5) is 0 Å². The van der Waals surface area contributed by atoms with Gasteiger partial charge < -0.3 is 0 Å². The van der Waals surface area contributed by atoms with Gasteiger partial charge >= 0.3 is 0 Å². The van der Waals surface area contributed by atoms with E-state index in [1.807, 2.05) is 18.2 Å². The zero-order valence-electron chi connectivity index (χ0n) is 6.82. The second kappa shape index (κ2) is 4.24. The maximum absolute atomic E-state index is 3.55. The first-order valence-electron chi connectivity index (χ1n) is 3.82. The fraction of sp³-hybridized carbons (Fsp3) is 0. The summed E-state index contributed by atoms with van der Waals surface area (Å²) in [7, 11) is 0. The Labute approximate surface area is 116 Å². The zero-order valence-corrected chi connectivity index (χ0v) is 13.2. The summed E-state index contributed by atoms with van der Waals surface area (Å²) in [6.07, 6.45) is 0. The highest BCUT2D eigenvalue weighted by Crippen LogP contribution is 2.37. The van der Waals surface area contributed by atoms with Crippen LogP contribution in [-0.2, 0) is 0 Å². The van der Waals surface area contributed by atoms with Crippen LogP contribution in [0, 0.1) is 0 Å². The van der Waals surface area contributed by atoms with Crippen molar-refractivity contribution in [2.24, 2.45) is 0 Å². The van der Waals surface area contributed by atoms with Crippen molar-refractivity contribution in [1.29, 1.82) is 0 Å². The van der Waals surface area contributed by atoms with Gasteiger partial charge in [0.1, 0.15) is 0 Å². The molecule has 0 aromatic heterocycles. The molecule has 0 spiro atoms. The van der Waals surface area contributed by atoms with E-state index in [-0.39, 0.29) is 0 Å². The van der Waals surface area contributed by atoms with Gasteiger partial charge in [-0.15, -0.1) is 0 Å². The van der Waals surface area contributed by atoms with E-state index in [0.29, 0.717) is 0 Å². The Morgan fingerprint density at radius 2 is 1.36 bits per heavy atom. The van der Waals surface area contributed by atoms with Crippen LogP contribution in [0.5, 0.6) is 0 Å². The Bertz CT molecular complexity index is 505. The summed E-state index contributed by atoms with van der Waals surface area (Å²) < 4.78 is 4.33. The molecule has 2 rings (SSSR count). The van der Waals surface area contributed by atoms with E-state index < -0.39 is 0 Å². The Hall–Kier alpha value is 0.620. The van der Waals surface area contributed by atoms with Crippen LogP contribution in [0.25, 0.3) is 10.8 Å². The topological polar surface area (TPSA) is 0 Å². The highest BCUT2D eigenvalue weighted by molar-refractivity contribution is 9.11. The number of fused-ring (bicyclic) bond motifs is 1. The van der Waals surface area contributed by atoms with Crippen LogP contribution >= 0.6 is 63.7 Å². The molecule has 72 valence electrons. The number of rotatable bonds is 0. The van der Waals surface area contributed by atoms with E-state index in [0.717, 1.165) is 17.9 Å². The molecule has 0 aliphatic carbocycles. The first-order valence-corrected chi connectivity index (χ1v) is 6.99. The molecular weight excluding hydrogens is 440 g/mol. The molecule has 0 bridgehead atoms. The summed E-state index contributed by atoms with van der Waals surface area (Å²) in [4.78, 5) is 0. The van der Waals surface area contributed by atoms with Crippen LogP contribution < -0.4 is 0 Å². The second-order valence-electron chi connectivity index (χ2n) is 2.84. The normalized spacial score (nSPS) is 10.9. The standard InChI is InChI=1S/C10H4Br4/c11-5-3-6-7(12)1-2-8(13)10(6)9(14)4-5/h1-4H. The molecule has 0 aliphatic rings. The highest BCUT2D eigenvalue weighted by Gasteiger charge is 2.07. The molecule has 0 N–H and O–H groups in total. The second-order valence-corrected chi connectivity index (χ2v) is 6.32. The van der Waals surface area contributed by atoms with Crippen molar-refractivity contribution in [2.75, 3.05) is 0 Å². The maximum atomic E-state index is 3.55. The summed E-state index contributed by atoms with van der Waals surface area (Å²) in [6.45, 7) is 0. The molecule has 0 unspecified atom stereocenters. The Morgan fingerprint density at radius 3 is 2.07 bits per heavy atom. The van der Waals surface area contributed by atoms with Gasteiger partial charge in [-0.05, 0) is 29.7 Å². The molecule has 14 heavy (non-hydrogen) atoms. The van der Waals surface area contributed by atoms with Crippen LogP contribution in [0.1, 0.15) is 0 Å². The van der Waals surface area contributed by atoms with E-state index in [2.05, 4.69) is 69.8 Å². The van der Waals surface area contributed by atoms with Crippen LogP contribution in [0.15, 0.2) is 42.2 Å². The fourth-order valence-electron chi connectivity index (χ4n) is 1.32. The molecule has 0 aliphatic heterocycles. The van der Waals surface area contributed by atoms with Crippen LogP contribution in [-0.4, -0.2) is 0 Å². The lowest BCUT2D eigenvalue weighted by Gasteiger charge is -2.06. The van der Waals surface area contributed by atoms with E-state index in [1.54, 1.807) is 0 Å². The zero-order chi connectivity index (χ0) is 10.3. The monoisotopic (exact) mass is 440 g/mol. The van der Waals surface area contributed by atoms with Crippen molar-refractivity contribution >= 4 is 74.5 Å². The number of hydrogen-bond acceptors (Lipinski definition) is 0. The molecule has 0 atom stereocenters. The molecule has 0 amide bonds. The summed E-state index contributed by atoms with van der Waals surface area (Å²) in [5.74, 6) is 0. The molecule has 0 nitrogen and oxygen atoms in total. The van der Waals surface area contributed by atoms with Crippen molar-refractivity contribution in [3.8, 4) is 0 Å². The van der Waals surface area contributed by atoms with E-state index in [1.165, 1.54) is 10.8 Å². The highest BCUT2D eigenvalue weighted by atomic mass is 79.9. The van der Waals surface area contributed by atoms with Gasteiger partial charge in [0.25, 0.3) is 0 Å². The molecule has 4 heteroatoms. The van der Waals surface area contributed by atoms with Crippen molar-refractivity contribution in [2.45, 2.75) is 0 Å². The molecule has 0 fully saturated rings. The van der Waals surface area contributed by atoms with Gasteiger partial charge in [0, 0.05) is 23.3 Å². The van der Waals surface area contributed by atoms with Gasteiger partial charge in [0.05, 0.1) is 0 Å². The molecule has 2 aromatic rings. The van der Waals surface area contributed by atoms with Crippen molar-refractivity contribution in [3.63, 3.8) is 0 Å². The van der Waals surface area contributed by atoms with E-state index in [4.69, 9.17) is 0 Å². The minimum atomic E-state index is 1.07. The third-order valence-electron chi connectivity index (χ3n) is 1.93. The lowest BCUT2D eigenvalue weighted by molar-refractivity contribution is 1.62. The number of benzene rings is 2. The lowest BCUT2D eigenvalue weighted by atomic mass is 10.1. The smallest absolute Gasteiger partial charge is 0.0276 e. The predicted molar refractivity (Wildman–Crippen MR) is 74.7 cm³/mol. The van der Waals surface area contributed by atoms with Gasteiger partial charge in [-0.1, -0.05) is 63.7 Å². The predicted octanol–water partition coefficient (Wildman–Crippen LogP) is 5.89. The Balaban J connectivity index is 3.00. The van der Waals surface area contributed by atoms with E-state index in [9.17, 15) is 0 Å². The van der Waals surface area contributed by atoms with Gasteiger partial charge in [-0.25, -0.2) is 0 Å². The molecule has 2 aromatic carbocycles. The van der Waals surface area contributed by atoms with E-state index >= 15 is 0 Å². The Kier molecular flexibility index (Phi) is 3.37. The summed E-state index contributed by atoms with van der Waals surface area (Å²) in [5.41, 5.74) is 0. The molecular formula is C10H4Br4. The lowest BCUT2D eigenvalue weighted by Crippen LogP contribution is -1.79. The van der Waals surface area contributed by atoms with Crippen LogP contribution in [0.2, 0.25) is 0 Å². The van der Waals surface area contributed by atoms with Gasteiger partial charge in [0.15, 0.2) is 0 Å². The molecule has 0 heterocycles. The average molecular weight is 444 g/mol. The fourth-order valence-corrected chi connectivity index (χ4v) is 4.03. The van der Waals surface area contributed by atoms with Gasteiger partial charge in [-0.3, -0.25) is 0 Å². The van der Waals surface area contributed by atoms with Crippen LogP contribution in [0.3, 0.4) is 0 Å². The SMILES string of the molecule is Brc1cc(Br)c2c(Br)ccc(Br)c2c1. The van der Waals surface area contributed by atoms with Crippen molar-refractivity contribution in [3.05, 3.63) is 42.2 Å². The molecule has 0 saturated carbocycles. The van der Waals surface area contributed by atoms with Gasteiger partial charge in [0.2, 0.25) is 0 Å². The molecule has 0 saturated heterocycles. The summed E-state index contributed by atoms with van der Waals surface area (Å²) >= 11 is 14.1. The molecule has 0 radical (unpaired) electrons. The minimum Gasteiger partial charge on any atom is -0.0508 e. The number of hydrogen-bond donors (Lipinski definition) is 0. The first kappa shape index (κ1) is 11.1. The van der Waals surface area contributed by atoms with Crippen molar-refractivity contribution < 1.29 is 0 Å². The van der Waals surface area contributed by atoms with Crippen molar-refractivity contribution in [1.82, 2.24) is 0 Å². The third kappa shape index (κ3) is 1.94. The maximum Gasteiger partial charge on any atom is 0.0276 e. The average Bonchev–Trinajstić information content (AvgIpc) is 2.10. The quantitative estimate of drug-likeness (QED) is 0.476. The summed E-state index contributed by atoms with van der Waals surface area (Å²) in [6, 6.07) is 8.20. The van der Waals surface area contributed by atoms with Gasteiger partial charge in [-0.2, -0.15) is 0 Å². The largest absolute Gasteiger partial charge is 0.0508 e. The minimum absolute atomic E-state index is 1.07. The summed E-state index contributed by atoms with van der Waals surface area (Å²) in [5, 5.41) is 2.36. The Morgan fingerprint density at radius 1 is 0.714 bits per heavy atom. The third-order valence-corrected chi connectivity index (χ3v) is 4.36.